The number of ether oxygens (including phenoxy) is 1. The van der Waals surface area contributed by atoms with Crippen molar-refractivity contribution in [2.75, 3.05) is 12.8 Å². The smallest absolute Gasteiger partial charge is 0.356 e. The number of nitrogens with two attached hydrogens (primary N) is 1. The SMILES string of the molecule is COC(=O)c1nc(Br)c(N)cc1C. The molecule has 1 heterocycles. The molecular weight excluding hydrogens is 236 g/mol. The van der Waals surface area contributed by atoms with Crippen molar-refractivity contribution in [1.29, 1.82) is 0 Å². The van der Waals surface area contributed by atoms with Crippen LogP contribution in [0.4, 0.5) is 5.69 Å². The number of anilines is 1. The quantitative estimate of drug-likeness (QED) is 0.601. The van der Waals surface area contributed by atoms with Crippen LogP contribution in [-0.2, 0) is 4.74 Å². The second-order valence-corrected chi connectivity index (χ2v) is 3.28. The van der Waals surface area contributed by atoms with Crippen LogP contribution < -0.4 is 5.73 Å². The third kappa shape index (κ3) is 1.98. The molecule has 13 heavy (non-hydrogen) atoms. The van der Waals surface area contributed by atoms with E-state index in [2.05, 4.69) is 25.7 Å². The Kier molecular flexibility index (Phi) is 2.87. The van der Waals surface area contributed by atoms with Gasteiger partial charge in [0.15, 0.2) is 5.69 Å². The molecule has 0 bridgehead atoms. The van der Waals surface area contributed by atoms with Crippen LogP contribution in [-0.4, -0.2) is 18.1 Å². The molecule has 70 valence electrons. The van der Waals surface area contributed by atoms with E-state index in [0.29, 0.717) is 15.9 Å². The van der Waals surface area contributed by atoms with Crippen molar-refractivity contribution in [1.82, 2.24) is 4.98 Å². The van der Waals surface area contributed by atoms with Gasteiger partial charge in [0.2, 0.25) is 0 Å². The van der Waals surface area contributed by atoms with E-state index in [1.54, 1.807) is 13.0 Å². The summed E-state index contributed by atoms with van der Waals surface area (Å²) in [5.41, 5.74) is 7.06. The number of pyridine rings is 1. The molecule has 0 spiro atoms. The summed E-state index contributed by atoms with van der Waals surface area (Å²) in [6.45, 7) is 1.75. The van der Waals surface area contributed by atoms with Crippen LogP contribution >= 0.6 is 15.9 Å². The molecule has 0 aliphatic rings. The minimum atomic E-state index is -0.460. The summed E-state index contributed by atoms with van der Waals surface area (Å²) in [5, 5.41) is 0. The molecule has 1 aromatic rings. The van der Waals surface area contributed by atoms with Gasteiger partial charge in [-0.3, -0.25) is 0 Å². The van der Waals surface area contributed by atoms with Gasteiger partial charge in [-0.2, -0.15) is 0 Å². The van der Waals surface area contributed by atoms with E-state index >= 15 is 0 Å². The van der Waals surface area contributed by atoms with Gasteiger partial charge in [-0.25, -0.2) is 9.78 Å². The molecule has 4 nitrogen and oxygen atoms in total. The van der Waals surface area contributed by atoms with Crippen molar-refractivity contribution in [3.8, 4) is 0 Å². The fourth-order valence-corrected chi connectivity index (χ4v) is 1.21. The summed E-state index contributed by atoms with van der Waals surface area (Å²) in [5.74, 6) is -0.460. The number of nitrogens with zero attached hydrogens (tertiary/aromatic N) is 1. The molecule has 1 rings (SSSR count). The zero-order valence-electron chi connectivity index (χ0n) is 7.30. The molecule has 0 fully saturated rings. The second-order valence-electron chi connectivity index (χ2n) is 2.53. The Morgan fingerprint density at radius 1 is 1.69 bits per heavy atom. The summed E-state index contributed by atoms with van der Waals surface area (Å²) >= 11 is 3.13. The van der Waals surface area contributed by atoms with Crippen LogP contribution in [0.1, 0.15) is 16.1 Å². The summed E-state index contributed by atoms with van der Waals surface area (Å²) < 4.78 is 5.01. The number of carbonyl (C=O) groups is 1. The molecule has 5 heteroatoms. The van der Waals surface area contributed by atoms with Crippen molar-refractivity contribution in [3.63, 3.8) is 0 Å². The molecule has 0 unspecified atom stereocenters. The highest BCUT2D eigenvalue weighted by Gasteiger charge is 2.12. The number of aromatic nitrogens is 1. The minimum Gasteiger partial charge on any atom is -0.464 e. The number of nitrogen functional groups attached to an aromatic ring is 1. The fourth-order valence-electron chi connectivity index (χ4n) is 0.915. The average molecular weight is 245 g/mol. The number of aryl methyl sites for hydroxylation is 1. The Morgan fingerprint density at radius 2 is 2.31 bits per heavy atom. The average Bonchev–Trinajstić information content (AvgIpc) is 2.10. The molecule has 0 aromatic carbocycles. The lowest BCUT2D eigenvalue weighted by atomic mass is 10.2. The first-order valence-electron chi connectivity index (χ1n) is 3.57. The van der Waals surface area contributed by atoms with E-state index in [9.17, 15) is 4.79 Å². The topological polar surface area (TPSA) is 65.2 Å². The number of hydrogen-bond acceptors (Lipinski definition) is 4. The second kappa shape index (κ2) is 3.74. The third-order valence-electron chi connectivity index (χ3n) is 1.57. The highest BCUT2D eigenvalue weighted by molar-refractivity contribution is 9.10. The first-order chi connectivity index (χ1) is 6.06. The Bertz CT molecular complexity index is 352. The number of hydrogen-bond donors (Lipinski definition) is 1. The highest BCUT2D eigenvalue weighted by Crippen LogP contribution is 2.20. The number of carbonyl (C=O) groups excluding carboxylic acids is 1. The van der Waals surface area contributed by atoms with Gasteiger partial charge in [0.1, 0.15) is 4.60 Å². The van der Waals surface area contributed by atoms with Crippen molar-refractivity contribution in [2.24, 2.45) is 0 Å². The first-order valence-corrected chi connectivity index (χ1v) is 4.36. The first kappa shape index (κ1) is 9.98. The van der Waals surface area contributed by atoms with Gasteiger partial charge in [-0.05, 0) is 34.5 Å². The number of esters is 1. The van der Waals surface area contributed by atoms with Gasteiger partial charge >= 0.3 is 5.97 Å². The normalized spacial score (nSPS) is 9.77. The highest BCUT2D eigenvalue weighted by atomic mass is 79.9. The van der Waals surface area contributed by atoms with Crippen molar-refractivity contribution in [2.45, 2.75) is 6.92 Å². The predicted molar refractivity (Wildman–Crippen MR) is 52.4 cm³/mol. The number of halogens is 1. The molecule has 0 amide bonds. The van der Waals surface area contributed by atoms with Gasteiger partial charge in [-0.15, -0.1) is 0 Å². The van der Waals surface area contributed by atoms with Gasteiger partial charge in [0.25, 0.3) is 0 Å². The summed E-state index contributed by atoms with van der Waals surface area (Å²) in [6, 6.07) is 1.67. The fraction of sp³-hybridized carbons (Fsp3) is 0.250. The maximum Gasteiger partial charge on any atom is 0.356 e. The summed E-state index contributed by atoms with van der Waals surface area (Å²) in [6.07, 6.45) is 0. The zero-order valence-corrected chi connectivity index (χ0v) is 8.88. The van der Waals surface area contributed by atoms with Gasteiger partial charge in [-0.1, -0.05) is 0 Å². The van der Waals surface area contributed by atoms with E-state index in [-0.39, 0.29) is 5.69 Å². The summed E-state index contributed by atoms with van der Waals surface area (Å²) in [4.78, 5) is 15.1. The van der Waals surface area contributed by atoms with Crippen molar-refractivity contribution in [3.05, 3.63) is 21.9 Å². The molecule has 0 saturated heterocycles. The van der Waals surface area contributed by atoms with Crippen LogP contribution in [0.5, 0.6) is 0 Å². The van der Waals surface area contributed by atoms with Crippen LogP contribution in [0.2, 0.25) is 0 Å². The Labute approximate surface area is 84.2 Å². The Hall–Kier alpha value is -1.10. The van der Waals surface area contributed by atoms with Gasteiger partial charge < -0.3 is 10.5 Å². The number of rotatable bonds is 1. The molecule has 0 aliphatic carbocycles. The summed E-state index contributed by atoms with van der Waals surface area (Å²) in [7, 11) is 1.31. The number of methoxy groups -OCH3 is 1. The lowest BCUT2D eigenvalue weighted by Gasteiger charge is -2.04. The van der Waals surface area contributed by atoms with Crippen LogP contribution in [0, 0.1) is 6.92 Å². The van der Waals surface area contributed by atoms with E-state index in [1.807, 2.05) is 0 Å². The van der Waals surface area contributed by atoms with E-state index in [0.717, 1.165) is 0 Å². The van der Waals surface area contributed by atoms with E-state index in [4.69, 9.17) is 5.73 Å². The minimum absolute atomic E-state index is 0.281. The zero-order chi connectivity index (χ0) is 10.0. The predicted octanol–water partition coefficient (Wildman–Crippen LogP) is 1.52. The standard InChI is InChI=1S/C8H9BrN2O2/c1-4-3-5(10)7(9)11-6(4)8(12)13-2/h3H,10H2,1-2H3. The van der Waals surface area contributed by atoms with Crippen LogP contribution in [0.3, 0.4) is 0 Å². The lowest BCUT2D eigenvalue weighted by molar-refractivity contribution is 0.0593. The van der Waals surface area contributed by atoms with Gasteiger partial charge in [0.05, 0.1) is 12.8 Å². The van der Waals surface area contributed by atoms with Crippen LogP contribution in [0.15, 0.2) is 10.7 Å². The van der Waals surface area contributed by atoms with Crippen molar-refractivity contribution >= 4 is 27.6 Å². The molecule has 1 aromatic heterocycles. The largest absolute Gasteiger partial charge is 0.464 e. The van der Waals surface area contributed by atoms with E-state index < -0.39 is 5.97 Å². The molecule has 0 radical (unpaired) electrons. The molecular formula is C8H9BrN2O2. The Balaban J connectivity index is 3.23. The maximum atomic E-state index is 11.2. The lowest BCUT2D eigenvalue weighted by Crippen LogP contribution is -2.08. The monoisotopic (exact) mass is 244 g/mol. The van der Waals surface area contributed by atoms with Crippen LogP contribution in [0.25, 0.3) is 0 Å². The van der Waals surface area contributed by atoms with Crippen molar-refractivity contribution < 1.29 is 9.53 Å². The van der Waals surface area contributed by atoms with E-state index in [1.165, 1.54) is 7.11 Å². The third-order valence-corrected chi connectivity index (χ3v) is 2.21. The molecule has 0 atom stereocenters. The molecule has 0 saturated carbocycles. The van der Waals surface area contributed by atoms with Gasteiger partial charge in [0, 0.05) is 0 Å². The molecule has 2 N–H and O–H groups in total. The Morgan fingerprint density at radius 3 is 2.85 bits per heavy atom. The maximum absolute atomic E-state index is 11.2. The molecule has 0 aliphatic heterocycles.